The molecule has 5 aromatic rings. The van der Waals surface area contributed by atoms with Gasteiger partial charge in [-0.3, -0.25) is 0 Å². The highest BCUT2D eigenvalue weighted by molar-refractivity contribution is 6.04. The van der Waals surface area contributed by atoms with Crippen molar-refractivity contribution in [2.45, 2.75) is 0 Å². The van der Waals surface area contributed by atoms with Crippen molar-refractivity contribution in [1.82, 2.24) is 0 Å². The lowest BCUT2D eigenvalue weighted by atomic mass is 10.00. The van der Waals surface area contributed by atoms with Gasteiger partial charge in [0.2, 0.25) is 0 Å². The molecule has 1 heterocycles. The number of hydrogen-bond acceptors (Lipinski definition) is 1. The predicted molar refractivity (Wildman–Crippen MR) is 113 cm³/mol. The molecule has 0 saturated carbocycles. The standard InChI is InChI=1S/C25H16O2/c26-23-16-13-17-7-1-2-8-18(17)20(23)15-14-19-21-9-3-5-11-24(21)27-25-12-6-4-10-22(19)25/h1-16H/p+1/b15-14+. The van der Waals surface area contributed by atoms with Gasteiger partial charge in [0, 0.05) is 23.3 Å². The van der Waals surface area contributed by atoms with E-state index in [4.69, 9.17) is 4.42 Å². The van der Waals surface area contributed by atoms with Crippen molar-refractivity contribution in [3.05, 3.63) is 96.1 Å². The zero-order chi connectivity index (χ0) is 18.2. The maximum absolute atomic E-state index is 10.4. The first-order chi connectivity index (χ1) is 13.3. The minimum atomic E-state index is 0.277. The Bertz CT molecular complexity index is 1280. The molecule has 5 rings (SSSR count). The summed E-state index contributed by atoms with van der Waals surface area (Å²) in [5.74, 6) is 0.277. The second-order valence-corrected chi connectivity index (χ2v) is 6.56. The van der Waals surface area contributed by atoms with Crippen molar-refractivity contribution in [2.24, 2.45) is 0 Å². The highest BCUT2D eigenvalue weighted by atomic mass is 16.3. The number of hydrogen-bond donors (Lipinski definition) is 1. The summed E-state index contributed by atoms with van der Waals surface area (Å²) in [6.07, 6.45) is 4.06. The molecule has 0 aliphatic heterocycles. The van der Waals surface area contributed by atoms with E-state index < -0.39 is 0 Å². The van der Waals surface area contributed by atoms with Gasteiger partial charge in [0.05, 0.1) is 10.8 Å². The van der Waals surface area contributed by atoms with Crippen LogP contribution in [0.3, 0.4) is 0 Å². The van der Waals surface area contributed by atoms with Crippen LogP contribution in [0.1, 0.15) is 11.1 Å². The first-order valence-electron chi connectivity index (χ1n) is 8.94. The molecule has 0 aliphatic carbocycles. The topological polar surface area (TPSA) is 31.5 Å². The van der Waals surface area contributed by atoms with E-state index in [-0.39, 0.29) is 5.75 Å². The van der Waals surface area contributed by atoms with Crippen molar-refractivity contribution in [1.29, 1.82) is 0 Å². The Hall–Kier alpha value is -3.65. The molecule has 0 aliphatic rings. The van der Waals surface area contributed by atoms with E-state index in [0.29, 0.717) is 0 Å². The van der Waals surface area contributed by atoms with Gasteiger partial charge in [-0.25, -0.2) is 4.42 Å². The third-order valence-electron chi connectivity index (χ3n) is 4.94. The molecule has 1 aromatic heterocycles. The molecule has 0 unspecified atom stereocenters. The number of fused-ring (bicyclic) bond motifs is 3. The first kappa shape index (κ1) is 15.6. The quantitative estimate of drug-likeness (QED) is 0.278. The lowest BCUT2D eigenvalue weighted by Crippen LogP contribution is -1.84. The van der Waals surface area contributed by atoms with Crippen molar-refractivity contribution in [2.75, 3.05) is 0 Å². The molecule has 27 heavy (non-hydrogen) atoms. The average Bonchev–Trinajstić information content (AvgIpc) is 2.72. The number of phenolic OH excluding ortho intramolecular Hbond substituents is 1. The Morgan fingerprint density at radius 2 is 1.11 bits per heavy atom. The van der Waals surface area contributed by atoms with Crippen LogP contribution in [-0.4, -0.2) is 5.11 Å². The van der Waals surface area contributed by atoms with Gasteiger partial charge in [-0.05, 0) is 35.0 Å². The van der Waals surface area contributed by atoms with Crippen LogP contribution < -0.4 is 0 Å². The van der Waals surface area contributed by atoms with Crippen molar-refractivity contribution in [3.63, 3.8) is 0 Å². The van der Waals surface area contributed by atoms with Crippen LogP contribution in [0.5, 0.6) is 5.75 Å². The number of rotatable bonds is 2. The molecule has 0 radical (unpaired) electrons. The van der Waals surface area contributed by atoms with E-state index in [1.165, 1.54) is 0 Å². The third kappa shape index (κ3) is 2.63. The molecule has 4 aromatic carbocycles. The Morgan fingerprint density at radius 1 is 0.556 bits per heavy atom. The fraction of sp³-hybridized carbons (Fsp3) is 0. The molecule has 2 heteroatoms. The number of phenols is 1. The van der Waals surface area contributed by atoms with Crippen LogP contribution >= 0.6 is 0 Å². The van der Waals surface area contributed by atoms with E-state index in [0.717, 1.165) is 43.8 Å². The van der Waals surface area contributed by atoms with E-state index in [2.05, 4.69) is 24.3 Å². The molecule has 0 bridgehead atoms. The van der Waals surface area contributed by atoms with Gasteiger partial charge in [0.1, 0.15) is 5.75 Å². The maximum Gasteiger partial charge on any atom is 0.361 e. The molecule has 2 nitrogen and oxygen atoms in total. The minimum absolute atomic E-state index is 0.277. The molecule has 0 saturated heterocycles. The molecular weight excluding hydrogens is 332 g/mol. The van der Waals surface area contributed by atoms with Crippen LogP contribution in [0.4, 0.5) is 0 Å². The Morgan fingerprint density at radius 3 is 1.81 bits per heavy atom. The van der Waals surface area contributed by atoms with Crippen LogP contribution in [0.15, 0.2) is 89.3 Å². The molecule has 128 valence electrons. The van der Waals surface area contributed by atoms with E-state index in [9.17, 15) is 5.11 Å². The second kappa shape index (κ2) is 6.26. The van der Waals surface area contributed by atoms with Crippen molar-refractivity contribution < 1.29 is 9.52 Å². The highest BCUT2D eigenvalue weighted by Crippen LogP contribution is 2.33. The third-order valence-corrected chi connectivity index (χ3v) is 4.94. The van der Waals surface area contributed by atoms with Gasteiger partial charge in [-0.2, -0.15) is 0 Å². The fourth-order valence-corrected chi connectivity index (χ4v) is 3.63. The largest absolute Gasteiger partial charge is 0.507 e. The molecule has 0 atom stereocenters. The summed E-state index contributed by atoms with van der Waals surface area (Å²) in [6, 6.07) is 27.8. The molecule has 0 amide bonds. The van der Waals surface area contributed by atoms with Gasteiger partial charge in [-0.15, -0.1) is 0 Å². The molecule has 0 spiro atoms. The zero-order valence-corrected chi connectivity index (χ0v) is 14.6. The van der Waals surface area contributed by atoms with Crippen LogP contribution in [-0.2, 0) is 0 Å². The number of benzene rings is 4. The lowest BCUT2D eigenvalue weighted by molar-refractivity contribution is 0.475. The molecule has 0 fully saturated rings. The van der Waals surface area contributed by atoms with E-state index in [1.54, 1.807) is 6.07 Å². The van der Waals surface area contributed by atoms with Crippen LogP contribution in [0, 0.1) is 0 Å². The average molecular weight is 349 g/mol. The van der Waals surface area contributed by atoms with Gasteiger partial charge in [-0.1, -0.05) is 60.7 Å². The van der Waals surface area contributed by atoms with Crippen molar-refractivity contribution >= 4 is 44.9 Å². The normalized spacial score (nSPS) is 11.7. The zero-order valence-electron chi connectivity index (χ0n) is 14.6. The monoisotopic (exact) mass is 349 g/mol. The van der Waals surface area contributed by atoms with E-state index in [1.807, 2.05) is 66.7 Å². The van der Waals surface area contributed by atoms with Gasteiger partial charge >= 0.3 is 11.2 Å². The second-order valence-electron chi connectivity index (χ2n) is 6.56. The van der Waals surface area contributed by atoms with Gasteiger partial charge in [0.15, 0.2) is 0 Å². The summed E-state index contributed by atoms with van der Waals surface area (Å²) in [7, 11) is 0. The first-order valence-corrected chi connectivity index (χ1v) is 8.94. The maximum atomic E-state index is 10.4. The summed E-state index contributed by atoms with van der Waals surface area (Å²) in [5.41, 5.74) is 3.60. The Balaban J connectivity index is 1.79. The van der Waals surface area contributed by atoms with Crippen LogP contribution in [0.25, 0.3) is 44.9 Å². The molecule has 1 N–H and O–H groups in total. The summed E-state index contributed by atoms with van der Waals surface area (Å²) < 4.78 is 6.05. The number of para-hydroxylation sites is 2. The van der Waals surface area contributed by atoms with Gasteiger partial charge in [0.25, 0.3) is 0 Å². The predicted octanol–water partition coefficient (Wildman–Crippen LogP) is 6.90. The summed E-state index contributed by atoms with van der Waals surface area (Å²) in [5, 5.41) is 14.7. The number of aromatic hydroxyl groups is 1. The SMILES string of the molecule is Oc1ccc2ccccc2c1/C=C/c1c2ccccc2[o+]c2ccccc12. The smallest absolute Gasteiger partial charge is 0.361 e. The fourth-order valence-electron chi connectivity index (χ4n) is 3.63. The molecular formula is C25H17O2+. The van der Waals surface area contributed by atoms with Crippen molar-refractivity contribution in [3.8, 4) is 5.75 Å². The Kier molecular flexibility index (Phi) is 3.61. The highest BCUT2D eigenvalue weighted by Gasteiger charge is 2.16. The van der Waals surface area contributed by atoms with E-state index >= 15 is 0 Å². The minimum Gasteiger partial charge on any atom is -0.507 e. The Labute approximate surface area is 156 Å². The lowest BCUT2D eigenvalue weighted by Gasteiger charge is -2.05. The van der Waals surface area contributed by atoms with Gasteiger partial charge < -0.3 is 5.11 Å². The summed E-state index contributed by atoms with van der Waals surface area (Å²) in [4.78, 5) is 0. The van der Waals surface area contributed by atoms with Crippen LogP contribution in [0.2, 0.25) is 0 Å². The summed E-state index contributed by atoms with van der Waals surface area (Å²) in [6.45, 7) is 0. The summed E-state index contributed by atoms with van der Waals surface area (Å²) >= 11 is 0.